The molecule has 10 aromatic rings. The van der Waals surface area contributed by atoms with Gasteiger partial charge in [-0.1, -0.05) is 163 Å². The Balaban J connectivity index is 1.06. The minimum absolute atomic E-state index is 0.000555. The van der Waals surface area contributed by atoms with Crippen LogP contribution >= 0.6 is 32.3 Å². The first-order chi connectivity index (χ1) is 47.9. The molecule has 2 aliphatic heterocycles. The third-order valence-corrected chi connectivity index (χ3v) is 17.7. The molecule has 494 valence electrons. The van der Waals surface area contributed by atoms with Gasteiger partial charge in [0.25, 0.3) is 0 Å². The molecule has 2 saturated heterocycles. The Morgan fingerprint density at radius 3 is 1.13 bits per heavy atom. The number of para-hydroxylation sites is 1. The molecule has 10 atom stereocenters. The third kappa shape index (κ3) is 16.6. The van der Waals surface area contributed by atoms with Crippen LogP contribution in [0, 0.1) is 0 Å². The van der Waals surface area contributed by atoms with E-state index in [1.54, 1.807) is 156 Å². The molecule has 9 aromatic carbocycles. The summed E-state index contributed by atoms with van der Waals surface area (Å²) in [5.41, 5.74) is 1.41. The lowest BCUT2D eigenvalue weighted by Crippen LogP contribution is -2.67. The van der Waals surface area contributed by atoms with Crippen LogP contribution in [0.5, 0.6) is 0 Å². The number of nitrogens with zero attached hydrogens (tertiary/aromatic N) is 3. The van der Waals surface area contributed by atoms with Gasteiger partial charge in [0.2, 0.25) is 9.60 Å². The van der Waals surface area contributed by atoms with E-state index in [0.717, 1.165) is 10.3 Å². The summed E-state index contributed by atoms with van der Waals surface area (Å²) >= 11 is 6.69. The van der Waals surface area contributed by atoms with Crippen LogP contribution in [0.4, 0.5) is 5.69 Å². The number of hydrogen-bond donors (Lipinski definition) is 0. The van der Waals surface area contributed by atoms with Gasteiger partial charge < -0.3 is 47.4 Å². The second kappa shape index (κ2) is 32.2. The summed E-state index contributed by atoms with van der Waals surface area (Å²) in [6.07, 6.45) is -18.8. The molecule has 23 heteroatoms. The van der Waals surface area contributed by atoms with Crippen LogP contribution in [0.1, 0.15) is 72.5 Å². The van der Waals surface area contributed by atoms with Crippen molar-refractivity contribution in [3.8, 4) is 5.69 Å². The van der Waals surface area contributed by atoms with E-state index in [9.17, 15) is 28.8 Å². The zero-order valence-electron chi connectivity index (χ0n) is 51.6. The third-order valence-electron chi connectivity index (χ3n) is 15.4. The summed E-state index contributed by atoms with van der Waals surface area (Å²) in [5, 5.41) is 0.367. The fourth-order valence-corrected chi connectivity index (χ4v) is 13.0. The number of carbonyl (C=O) groups is 7. The lowest BCUT2D eigenvalue weighted by Gasteiger charge is -2.48. The molecule has 0 amide bonds. The predicted molar refractivity (Wildman–Crippen MR) is 358 cm³/mol. The maximum atomic E-state index is 15.1. The molecule has 3 heterocycles. The Bertz CT molecular complexity index is 4540. The molecule has 20 nitrogen and oxygen atoms in total. The number of aromatic nitrogens is 1. The minimum Gasteiger partial charge on any atom is -0.459 e. The summed E-state index contributed by atoms with van der Waals surface area (Å²) in [5.74, 6) is -6.67. The fraction of sp³-hybridized carbons (Fsp3) is 0.160. The molecule has 0 aliphatic carbocycles. The summed E-state index contributed by atoms with van der Waals surface area (Å²) in [6.45, 7) is -1.52. The van der Waals surface area contributed by atoms with E-state index < -0.39 is 116 Å². The lowest BCUT2D eigenvalue weighted by atomic mass is 9.95. The summed E-state index contributed by atoms with van der Waals surface area (Å²) in [6, 6.07) is 71.0. The van der Waals surface area contributed by atoms with Gasteiger partial charge in [-0.15, -0.1) is 0 Å². The van der Waals surface area contributed by atoms with Crippen molar-refractivity contribution in [3.05, 3.63) is 320 Å². The van der Waals surface area contributed by atoms with Gasteiger partial charge in [0.15, 0.2) is 43.0 Å². The van der Waals surface area contributed by atoms with Crippen molar-refractivity contribution in [2.45, 2.75) is 61.3 Å². The highest BCUT2D eigenvalue weighted by atomic mass is 35.5. The minimum atomic E-state index is -2.12. The van der Waals surface area contributed by atoms with Crippen LogP contribution in [-0.2, 0) is 47.4 Å². The average Bonchev–Trinajstić information content (AvgIpc) is 0.855. The van der Waals surface area contributed by atoms with Crippen LogP contribution in [0.2, 0.25) is 5.02 Å². The molecule has 0 unspecified atom stereocenters. The van der Waals surface area contributed by atoms with E-state index in [4.69, 9.17) is 69.0 Å². The monoisotopic (exact) mass is 1370 g/mol. The first-order valence-corrected chi connectivity index (χ1v) is 33.3. The normalized spacial score (nSPS) is 20.7. The van der Waals surface area contributed by atoms with Crippen LogP contribution in [0.3, 0.4) is 0 Å². The van der Waals surface area contributed by atoms with E-state index in [2.05, 4.69) is 0 Å². The highest BCUT2D eigenvalue weighted by Gasteiger charge is 2.58. The van der Waals surface area contributed by atoms with Crippen molar-refractivity contribution >= 4 is 79.8 Å². The van der Waals surface area contributed by atoms with Crippen molar-refractivity contribution < 1.29 is 80.9 Å². The summed E-state index contributed by atoms with van der Waals surface area (Å²) in [4.78, 5) is 113. The number of rotatable bonds is 21. The Morgan fingerprint density at radius 2 is 0.714 bits per heavy atom. The molecule has 2 fully saturated rings. The van der Waals surface area contributed by atoms with Crippen LogP contribution < -0.4 is 9.60 Å². The first-order valence-electron chi connectivity index (χ1n) is 30.7. The zero-order chi connectivity index (χ0) is 67.7. The second-order valence-electron chi connectivity index (χ2n) is 21.9. The highest BCUT2D eigenvalue weighted by Crippen LogP contribution is 2.38. The van der Waals surface area contributed by atoms with Gasteiger partial charge >= 0.3 is 41.8 Å². The summed E-state index contributed by atoms with van der Waals surface area (Å²) < 4.78 is 67.4. The molecular weight excluding hydrogens is 1310 g/mol. The van der Waals surface area contributed by atoms with Crippen LogP contribution in [-0.4, -0.2) is 121 Å². The molecule has 0 N–H and O–H groups in total. The van der Waals surface area contributed by atoms with Gasteiger partial charge in [-0.25, -0.2) is 43.5 Å². The van der Waals surface area contributed by atoms with Gasteiger partial charge in [0.1, 0.15) is 31.5 Å². The van der Waals surface area contributed by atoms with E-state index in [1.807, 2.05) is 30.3 Å². The lowest BCUT2D eigenvalue weighted by molar-refractivity contribution is -0.338. The van der Waals surface area contributed by atoms with Crippen molar-refractivity contribution in [2.24, 2.45) is 9.98 Å². The Labute approximate surface area is 572 Å². The van der Waals surface area contributed by atoms with Crippen molar-refractivity contribution in [1.82, 2.24) is 4.57 Å². The number of esters is 7. The van der Waals surface area contributed by atoms with Crippen LogP contribution in [0.25, 0.3) is 5.69 Å². The average molecular weight is 1370 g/mol. The van der Waals surface area contributed by atoms with E-state index in [-0.39, 0.29) is 43.7 Å². The van der Waals surface area contributed by atoms with E-state index in [0.29, 0.717) is 21.2 Å². The standard InChI is InChI=1S/C75H58ClN3O17S2/c76-54-40-25-43-56(44-54)79-74(77-55-41-23-8-24-42-55)97-98-75(79)78-65-63(94-71(85)52-36-19-6-20-37-52)61(92-69(83)50-32-15-4-16-33-50)60(57(89-65)45-87-66(80)47-26-9-1-10-27-47)96-73-64(95-72(86)53-38-21-7-22-39-53)62(93-70(84)51-34-17-5-18-35-51)59(91-68(82)49-30-13-3-14-31-49)58(90-73)46-88-67(81)48-28-11-2-12-29-48/h1-44,57-65,73H,45-46H2/b77-74?,78-75+/t57-,58-,59+,60-,61+,62+,63-,64-,65-,73+/m1/s1. The number of halogens is 1. The number of benzene rings is 9. The number of carbonyl (C=O) groups excluding carboxylic acids is 7. The zero-order valence-corrected chi connectivity index (χ0v) is 54.0. The molecule has 0 bridgehead atoms. The molecule has 12 rings (SSSR count). The Kier molecular flexibility index (Phi) is 22.0. The molecule has 2 aliphatic rings. The molecule has 1 aromatic heterocycles. The smallest absolute Gasteiger partial charge is 0.338 e. The Morgan fingerprint density at radius 1 is 0.367 bits per heavy atom. The van der Waals surface area contributed by atoms with Gasteiger partial charge in [0, 0.05) is 5.02 Å². The molecule has 0 spiro atoms. The quantitative estimate of drug-likeness (QED) is 0.0369. The SMILES string of the molecule is O=C(OC[C@H]1O[C@@H](O[C@H]2[C@H](OC(=O)c3ccccc3)[C@@H](OC(=O)c3ccccc3)[C@H](/N=c3/ssc(=Nc4ccccc4)n3-c3cccc(Cl)c3)O[C@@H]2COC(=O)c2ccccc2)[C@H](OC(=O)c2ccccc2)[C@@H](OC(=O)c2ccccc2)[C@H]1OC(=O)c1ccccc1)c1ccccc1. The Hall–Kier alpha value is -11.0. The molecular formula is C75H58ClN3O17S2. The number of hydrogen-bond acceptors (Lipinski definition) is 21. The number of ether oxygens (including phenoxy) is 10. The first kappa shape index (κ1) is 67.0. The summed E-state index contributed by atoms with van der Waals surface area (Å²) in [7, 11) is 2.39. The van der Waals surface area contributed by atoms with Crippen molar-refractivity contribution in [3.63, 3.8) is 0 Å². The van der Waals surface area contributed by atoms with Crippen molar-refractivity contribution in [2.75, 3.05) is 13.2 Å². The topological polar surface area (TPSA) is 241 Å². The fourth-order valence-electron chi connectivity index (χ4n) is 10.6. The van der Waals surface area contributed by atoms with E-state index in [1.165, 1.54) is 95.3 Å². The van der Waals surface area contributed by atoms with E-state index >= 15 is 4.79 Å². The second-order valence-corrected chi connectivity index (χ2v) is 24.4. The highest BCUT2D eigenvalue weighted by molar-refractivity contribution is 7.67. The van der Waals surface area contributed by atoms with Gasteiger partial charge in [-0.05, 0) is 136 Å². The molecule has 0 saturated carbocycles. The molecule has 0 radical (unpaired) electrons. The van der Waals surface area contributed by atoms with Gasteiger partial charge in [-0.2, -0.15) is 0 Å². The largest absolute Gasteiger partial charge is 0.459 e. The van der Waals surface area contributed by atoms with Crippen LogP contribution in [0.15, 0.2) is 277 Å². The maximum Gasteiger partial charge on any atom is 0.338 e. The van der Waals surface area contributed by atoms with Gasteiger partial charge in [-0.3, -0.25) is 4.57 Å². The van der Waals surface area contributed by atoms with Crippen molar-refractivity contribution in [1.29, 1.82) is 0 Å². The maximum absolute atomic E-state index is 15.1. The predicted octanol–water partition coefficient (Wildman–Crippen LogP) is 12.1. The molecule has 98 heavy (non-hydrogen) atoms. The van der Waals surface area contributed by atoms with Gasteiger partial charge in [0.05, 0.1) is 50.3 Å².